The van der Waals surface area contributed by atoms with E-state index in [1.54, 1.807) is 11.3 Å². The fraction of sp³-hybridized carbons (Fsp3) is 0.438. The molecule has 0 fully saturated rings. The van der Waals surface area contributed by atoms with Crippen LogP contribution in [0.5, 0.6) is 0 Å². The molecule has 1 atom stereocenters. The van der Waals surface area contributed by atoms with Gasteiger partial charge in [0.2, 0.25) is 0 Å². The number of nitrogens with zero attached hydrogens (tertiary/aromatic N) is 2. The number of hydrogen-bond acceptors (Lipinski definition) is 4. The summed E-state index contributed by atoms with van der Waals surface area (Å²) in [4.78, 5) is 6.75. The van der Waals surface area contributed by atoms with Gasteiger partial charge in [-0.05, 0) is 30.0 Å². The standard InChI is InChI=1S/C16H21N3S/c1-3-14(16-17-7-9-20-16)18-11-12-4-5-15-13(10-12)6-8-19(15)2/h4-5,7,9-10,14,18H,3,6,8,11H2,1-2H3. The SMILES string of the molecule is CCC(NCc1ccc2c(c1)CCN2C)c1nccs1. The normalized spacial score (nSPS) is 15.4. The fourth-order valence-corrected chi connectivity index (χ4v) is 3.58. The molecule has 4 heteroatoms. The number of rotatable bonds is 5. The number of hydrogen-bond donors (Lipinski definition) is 1. The van der Waals surface area contributed by atoms with Gasteiger partial charge in [0.05, 0.1) is 6.04 Å². The van der Waals surface area contributed by atoms with Crippen molar-refractivity contribution in [1.82, 2.24) is 10.3 Å². The van der Waals surface area contributed by atoms with Crippen LogP contribution in [0.3, 0.4) is 0 Å². The van der Waals surface area contributed by atoms with Crippen molar-refractivity contribution in [3.8, 4) is 0 Å². The molecule has 1 aromatic heterocycles. The minimum absolute atomic E-state index is 0.367. The molecule has 1 aromatic carbocycles. The molecule has 0 bridgehead atoms. The minimum atomic E-state index is 0.367. The van der Waals surface area contributed by atoms with Crippen molar-refractivity contribution in [2.45, 2.75) is 32.4 Å². The Morgan fingerprint density at radius 2 is 2.35 bits per heavy atom. The maximum Gasteiger partial charge on any atom is 0.109 e. The Balaban J connectivity index is 1.66. The molecule has 2 heterocycles. The van der Waals surface area contributed by atoms with Crippen molar-refractivity contribution in [3.63, 3.8) is 0 Å². The molecule has 106 valence electrons. The zero-order valence-corrected chi connectivity index (χ0v) is 12.9. The topological polar surface area (TPSA) is 28.2 Å². The maximum atomic E-state index is 4.42. The molecule has 0 amide bonds. The molecule has 20 heavy (non-hydrogen) atoms. The maximum absolute atomic E-state index is 4.42. The zero-order valence-electron chi connectivity index (χ0n) is 12.1. The van der Waals surface area contributed by atoms with E-state index < -0.39 is 0 Å². The first-order valence-corrected chi connectivity index (χ1v) is 8.11. The second kappa shape index (κ2) is 5.94. The van der Waals surface area contributed by atoms with Gasteiger partial charge in [-0.1, -0.05) is 19.1 Å². The first kappa shape index (κ1) is 13.6. The predicted molar refractivity (Wildman–Crippen MR) is 85.4 cm³/mol. The molecule has 1 N–H and O–H groups in total. The summed E-state index contributed by atoms with van der Waals surface area (Å²) >= 11 is 1.73. The summed E-state index contributed by atoms with van der Waals surface area (Å²) in [5.41, 5.74) is 4.24. The number of nitrogens with one attached hydrogen (secondary N) is 1. The molecule has 3 nitrogen and oxygen atoms in total. The largest absolute Gasteiger partial charge is 0.374 e. The van der Waals surface area contributed by atoms with Gasteiger partial charge in [-0.15, -0.1) is 11.3 Å². The molecule has 0 aliphatic carbocycles. The lowest BCUT2D eigenvalue weighted by atomic mass is 10.1. The highest BCUT2D eigenvalue weighted by Gasteiger charge is 2.16. The van der Waals surface area contributed by atoms with Gasteiger partial charge in [0, 0.05) is 37.4 Å². The van der Waals surface area contributed by atoms with E-state index in [9.17, 15) is 0 Å². The van der Waals surface area contributed by atoms with E-state index >= 15 is 0 Å². The van der Waals surface area contributed by atoms with Crippen LogP contribution in [0.1, 0.15) is 35.5 Å². The van der Waals surface area contributed by atoms with Crippen molar-refractivity contribution >= 4 is 17.0 Å². The summed E-state index contributed by atoms with van der Waals surface area (Å²) in [6.07, 6.45) is 4.13. The molecule has 3 rings (SSSR count). The van der Waals surface area contributed by atoms with Crippen LogP contribution in [-0.4, -0.2) is 18.6 Å². The van der Waals surface area contributed by atoms with Crippen molar-refractivity contribution < 1.29 is 0 Å². The fourth-order valence-electron chi connectivity index (χ4n) is 2.78. The van der Waals surface area contributed by atoms with E-state index in [-0.39, 0.29) is 0 Å². The first-order valence-electron chi connectivity index (χ1n) is 7.23. The van der Waals surface area contributed by atoms with E-state index in [0.29, 0.717) is 6.04 Å². The van der Waals surface area contributed by atoms with Crippen LogP contribution in [0.15, 0.2) is 29.8 Å². The van der Waals surface area contributed by atoms with Crippen LogP contribution < -0.4 is 10.2 Å². The van der Waals surface area contributed by atoms with E-state index in [1.807, 2.05) is 11.6 Å². The second-order valence-corrected chi connectivity index (χ2v) is 6.27. The Morgan fingerprint density at radius 3 is 3.10 bits per heavy atom. The molecule has 0 saturated heterocycles. The van der Waals surface area contributed by atoms with E-state index in [0.717, 1.165) is 19.5 Å². The van der Waals surface area contributed by atoms with E-state index in [1.165, 1.54) is 28.2 Å². The third-order valence-corrected chi connectivity index (χ3v) is 4.87. The molecule has 1 aliphatic rings. The third kappa shape index (κ3) is 2.72. The van der Waals surface area contributed by atoms with E-state index in [2.05, 4.69) is 47.4 Å². The highest BCUT2D eigenvalue weighted by atomic mass is 32.1. The van der Waals surface area contributed by atoms with Crippen LogP contribution in [0.4, 0.5) is 5.69 Å². The highest BCUT2D eigenvalue weighted by Crippen LogP contribution is 2.27. The predicted octanol–water partition coefficient (Wildman–Crippen LogP) is 3.38. The van der Waals surface area contributed by atoms with Gasteiger partial charge in [0.1, 0.15) is 5.01 Å². The first-order chi connectivity index (χ1) is 9.78. The molecule has 2 aromatic rings. The van der Waals surface area contributed by atoms with Crippen LogP contribution in [0.25, 0.3) is 0 Å². The summed E-state index contributed by atoms with van der Waals surface area (Å²) in [6, 6.07) is 7.21. The lowest BCUT2D eigenvalue weighted by Crippen LogP contribution is -2.20. The van der Waals surface area contributed by atoms with Gasteiger partial charge in [-0.2, -0.15) is 0 Å². The summed E-state index contributed by atoms with van der Waals surface area (Å²) in [6.45, 7) is 4.26. The number of aromatic nitrogens is 1. The van der Waals surface area contributed by atoms with Gasteiger partial charge in [0.15, 0.2) is 0 Å². The van der Waals surface area contributed by atoms with Crippen LogP contribution in [0, 0.1) is 0 Å². The van der Waals surface area contributed by atoms with Crippen molar-refractivity contribution in [2.75, 3.05) is 18.5 Å². The van der Waals surface area contributed by atoms with Gasteiger partial charge >= 0.3 is 0 Å². The van der Waals surface area contributed by atoms with Gasteiger partial charge in [0.25, 0.3) is 0 Å². The molecule has 1 aliphatic heterocycles. The summed E-state index contributed by atoms with van der Waals surface area (Å²) in [7, 11) is 2.17. The smallest absolute Gasteiger partial charge is 0.109 e. The summed E-state index contributed by atoms with van der Waals surface area (Å²) in [5.74, 6) is 0. The van der Waals surface area contributed by atoms with Gasteiger partial charge in [-0.25, -0.2) is 4.98 Å². The van der Waals surface area contributed by atoms with Crippen LogP contribution >= 0.6 is 11.3 Å². The number of fused-ring (bicyclic) bond motifs is 1. The number of benzene rings is 1. The van der Waals surface area contributed by atoms with Gasteiger partial charge < -0.3 is 10.2 Å². The van der Waals surface area contributed by atoms with Crippen molar-refractivity contribution in [1.29, 1.82) is 0 Å². The Morgan fingerprint density at radius 1 is 1.45 bits per heavy atom. The van der Waals surface area contributed by atoms with Crippen molar-refractivity contribution in [2.24, 2.45) is 0 Å². The van der Waals surface area contributed by atoms with Crippen molar-refractivity contribution in [3.05, 3.63) is 45.9 Å². The average Bonchev–Trinajstić information content (AvgIpc) is 3.10. The molecule has 0 saturated carbocycles. The third-order valence-electron chi connectivity index (χ3n) is 3.98. The van der Waals surface area contributed by atoms with E-state index in [4.69, 9.17) is 0 Å². The quantitative estimate of drug-likeness (QED) is 0.914. The lowest BCUT2D eigenvalue weighted by molar-refractivity contribution is 0.516. The Kier molecular flexibility index (Phi) is 4.03. The monoisotopic (exact) mass is 287 g/mol. The molecule has 1 unspecified atom stereocenters. The summed E-state index contributed by atoms with van der Waals surface area (Å²) < 4.78 is 0. The number of likely N-dealkylation sites (N-methyl/N-ethyl adjacent to an activating group) is 1. The highest BCUT2D eigenvalue weighted by molar-refractivity contribution is 7.09. The summed E-state index contributed by atoms with van der Waals surface area (Å²) in [5, 5.41) is 6.86. The van der Waals surface area contributed by atoms with Crippen LogP contribution in [0.2, 0.25) is 0 Å². The van der Waals surface area contributed by atoms with Crippen LogP contribution in [-0.2, 0) is 13.0 Å². The molecular formula is C16H21N3S. The second-order valence-electron chi connectivity index (χ2n) is 5.35. The Bertz CT molecular complexity index is 565. The number of thiazole rings is 1. The lowest BCUT2D eigenvalue weighted by Gasteiger charge is -2.16. The minimum Gasteiger partial charge on any atom is -0.374 e. The molecular weight excluding hydrogens is 266 g/mol. The Hall–Kier alpha value is -1.39. The van der Waals surface area contributed by atoms with Gasteiger partial charge in [-0.3, -0.25) is 0 Å². The zero-order chi connectivity index (χ0) is 13.9. The molecule has 0 spiro atoms. The molecule has 0 radical (unpaired) electrons. The average molecular weight is 287 g/mol. The number of anilines is 1. The Labute approximate surface area is 124 Å².